The van der Waals surface area contributed by atoms with E-state index in [4.69, 9.17) is 18.9 Å². The Kier molecular flexibility index (Phi) is 14.5. The summed E-state index contributed by atoms with van der Waals surface area (Å²) in [6.45, 7) is 27.5. The van der Waals surface area contributed by atoms with Gasteiger partial charge < -0.3 is 38.5 Å². The van der Waals surface area contributed by atoms with Crippen molar-refractivity contribution in [2.45, 2.75) is 168 Å². The Labute approximate surface area is 339 Å². The number of esters is 4. The van der Waals surface area contributed by atoms with Gasteiger partial charge in [0.2, 0.25) is 0 Å². The van der Waals surface area contributed by atoms with Gasteiger partial charge in [-0.3, -0.25) is 19.2 Å². The molecular formula is C44H78N4O8. The van der Waals surface area contributed by atoms with Crippen LogP contribution in [0.2, 0.25) is 0 Å². The molecule has 14 unspecified atom stereocenters. The Morgan fingerprint density at radius 1 is 0.446 bits per heavy atom. The number of nitrogens with zero attached hydrogens (tertiary/aromatic N) is 4. The van der Waals surface area contributed by atoms with Crippen LogP contribution in [0, 0.1) is 35.5 Å². The SMILES string of the molecule is CC1C(C)C(C)(OC(=O)CC(C(=O)OC2(C)CCN(C)C(C)C2C)C(CC(=O)OC2(C)CCN(C)C(C)C2C)C(=O)OC2(C)CCN(C)C(C)C2C)CCN1C. The lowest BCUT2D eigenvalue weighted by Gasteiger charge is -2.48. The lowest BCUT2D eigenvalue weighted by atomic mass is 9.77. The average molecular weight is 791 g/mol. The van der Waals surface area contributed by atoms with Crippen LogP contribution in [0.3, 0.4) is 0 Å². The second kappa shape index (κ2) is 17.5. The minimum Gasteiger partial charge on any atom is -0.459 e. The van der Waals surface area contributed by atoms with Crippen molar-refractivity contribution in [2.24, 2.45) is 35.5 Å². The molecule has 0 radical (unpaired) electrons. The van der Waals surface area contributed by atoms with Gasteiger partial charge in [0.15, 0.2) is 0 Å². The zero-order valence-electron chi connectivity index (χ0n) is 37.9. The maximum atomic E-state index is 14.8. The van der Waals surface area contributed by atoms with E-state index in [1.54, 1.807) is 0 Å². The minimum absolute atomic E-state index is 0.0133. The molecule has 322 valence electrons. The van der Waals surface area contributed by atoms with E-state index in [0.717, 1.165) is 26.2 Å². The molecule has 0 spiro atoms. The first-order chi connectivity index (χ1) is 25.8. The molecule has 14 atom stereocenters. The molecule has 0 saturated carbocycles. The van der Waals surface area contributed by atoms with E-state index in [9.17, 15) is 19.2 Å². The highest BCUT2D eigenvalue weighted by atomic mass is 16.6. The first kappa shape index (κ1) is 46.4. The Balaban J connectivity index is 1.73. The van der Waals surface area contributed by atoms with Crippen molar-refractivity contribution >= 4 is 23.9 Å². The van der Waals surface area contributed by atoms with Crippen LogP contribution in [0.5, 0.6) is 0 Å². The summed E-state index contributed by atoms with van der Waals surface area (Å²) in [4.78, 5) is 67.1. The van der Waals surface area contributed by atoms with Crippen molar-refractivity contribution in [3.8, 4) is 0 Å². The normalized spacial score (nSPS) is 41.6. The molecule has 4 rings (SSSR count). The first-order valence-corrected chi connectivity index (χ1v) is 21.5. The zero-order chi connectivity index (χ0) is 42.3. The number of carbonyl (C=O) groups is 4. The van der Waals surface area contributed by atoms with E-state index in [0.29, 0.717) is 25.7 Å². The van der Waals surface area contributed by atoms with Crippen molar-refractivity contribution in [2.75, 3.05) is 54.4 Å². The summed E-state index contributed by atoms with van der Waals surface area (Å²) >= 11 is 0. The van der Waals surface area contributed by atoms with E-state index in [1.807, 2.05) is 27.7 Å². The summed E-state index contributed by atoms with van der Waals surface area (Å²) in [6.07, 6.45) is 1.56. The number of ether oxygens (including phenoxy) is 4. The van der Waals surface area contributed by atoms with Crippen LogP contribution in [0.4, 0.5) is 0 Å². The molecule has 56 heavy (non-hydrogen) atoms. The number of hydrogen-bond donors (Lipinski definition) is 0. The highest BCUT2D eigenvalue weighted by molar-refractivity contribution is 5.89. The van der Waals surface area contributed by atoms with Gasteiger partial charge in [0, 0.05) is 74.0 Å². The Hall–Kier alpha value is -2.28. The smallest absolute Gasteiger partial charge is 0.310 e. The van der Waals surface area contributed by atoms with Crippen LogP contribution in [0.1, 0.15) is 122 Å². The fourth-order valence-electron chi connectivity index (χ4n) is 9.82. The fraction of sp³-hybridized carbons (Fsp3) is 0.909. The Bertz CT molecular complexity index is 1330. The largest absolute Gasteiger partial charge is 0.459 e. The molecule has 0 amide bonds. The molecule has 4 fully saturated rings. The van der Waals surface area contributed by atoms with Gasteiger partial charge in [0.25, 0.3) is 0 Å². The molecule has 12 nitrogen and oxygen atoms in total. The van der Waals surface area contributed by atoms with Crippen LogP contribution in [0.15, 0.2) is 0 Å². The molecule has 12 heteroatoms. The predicted molar refractivity (Wildman–Crippen MR) is 218 cm³/mol. The van der Waals surface area contributed by atoms with Gasteiger partial charge >= 0.3 is 23.9 Å². The number of rotatable bonds is 11. The topological polar surface area (TPSA) is 118 Å². The van der Waals surface area contributed by atoms with Gasteiger partial charge in [0.1, 0.15) is 22.4 Å². The highest BCUT2D eigenvalue weighted by Gasteiger charge is 2.52. The van der Waals surface area contributed by atoms with Crippen LogP contribution < -0.4 is 0 Å². The average Bonchev–Trinajstić information content (AvgIpc) is 3.13. The quantitative estimate of drug-likeness (QED) is 0.190. The van der Waals surface area contributed by atoms with E-state index in [-0.39, 0.29) is 47.8 Å². The summed E-state index contributed by atoms with van der Waals surface area (Å²) < 4.78 is 25.6. The van der Waals surface area contributed by atoms with Crippen molar-refractivity contribution < 1.29 is 38.1 Å². The highest BCUT2D eigenvalue weighted by Crippen LogP contribution is 2.42. The fourth-order valence-corrected chi connectivity index (χ4v) is 9.82. The van der Waals surface area contributed by atoms with Crippen molar-refractivity contribution in [1.82, 2.24) is 19.6 Å². The van der Waals surface area contributed by atoms with E-state index >= 15 is 0 Å². The van der Waals surface area contributed by atoms with Crippen LogP contribution >= 0.6 is 0 Å². The molecule has 4 aliphatic rings. The molecular weight excluding hydrogens is 713 g/mol. The lowest BCUT2D eigenvalue weighted by Crippen LogP contribution is -2.57. The molecule has 0 aromatic rings. The third kappa shape index (κ3) is 9.60. The first-order valence-electron chi connectivity index (χ1n) is 21.5. The van der Waals surface area contributed by atoms with Crippen molar-refractivity contribution in [1.29, 1.82) is 0 Å². The molecule has 0 N–H and O–H groups in total. The summed E-state index contributed by atoms with van der Waals surface area (Å²) in [5.74, 6) is -5.32. The van der Waals surface area contributed by atoms with E-state index in [1.165, 1.54) is 0 Å². The summed E-state index contributed by atoms with van der Waals surface area (Å²) in [5.41, 5.74) is -3.28. The molecule has 0 aromatic heterocycles. The molecule has 4 saturated heterocycles. The van der Waals surface area contributed by atoms with Gasteiger partial charge in [-0.1, -0.05) is 27.7 Å². The van der Waals surface area contributed by atoms with E-state index in [2.05, 4.69) is 103 Å². The number of hydrogen-bond acceptors (Lipinski definition) is 12. The predicted octanol–water partition coefficient (Wildman–Crippen LogP) is 5.65. The van der Waals surface area contributed by atoms with Gasteiger partial charge in [-0.2, -0.15) is 0 Å². The van der Waals surface area contributed by atoms with Gasteiger partial charge in [-0.25, -0.2) is 0 Å². The minimum atomic E-state index is -1.34. The molecule has 0 bridgehead atoms. The maximum Gasteiger partial charge on any atom is 0.310 e. The van der Waals surface area contributed by atoms with Crippen LogP contribution in [-0.2, 0) is 38.1 Å². The Morgan fingerprint density at radius 2 is 0.661 bits per heavy atom. The van der Waals surface area contributed by atoms with Crippen molar-refractivity contribution in [3.05, 3.63) is 0 Å². The molecule has 4 heterocycles. The standard InChI is InChI=1S/C44H78N4O8/c1-27-31(5)45(13)21-17-41(27,9)53-37(49)25-35(39(51)55-43(11)19-23-47(15)33(7)29(43)3)36(40(52)56-44(12)20-24-48(16)34(8)30(44)4)26-38(50)54-42(10)18-22-46(14)32(6)28(42)2/h27-36H,17-26H2,1-16H3. The summed E-state index contributed by atoms with van der Waals surface area (Å²) in [7, 11) is 8.25. The second-order valence-corrected chi connectivity index (χ2v) is 19.7. The lowest BCUT2D eigenvalue weighted by molar-refractivity contribution is -0.196. The summed E-state index contributed by atoms with van der Waals surface area (Å²) in [6, 6.07) is 0.582. The van der Waals surface area contributed by atoms with Crippen molar-refractivity contribution in [3.63, 3.8) is 0 Å². The number of likely N-dealkylation sites (tertiary alicyclic amines) is 4. The maximum absolute atomic E-state index is 14.8. The van der Waals surface area contributed by atoms with Gasteiger partial charge in [-0.15, -0.1) is 0 Å². The van der Waals surface area contributed by atoms with E-state index < -0.39 is 71.0 Å². The second-order valence-electron chi connectivity index (χ2n) is 19.7. The molecule has 4 aliphatic heterocycles. The molecule has 0 aliphatic carbocycles. The van der Waals surface area contributed by atoms with Gasteiger partial charge in [-0.05, 0) is 109 Å². The third-order valence-electron chi connectivity index (χ3n) is 16.6. The Morgan fingerprint density at radius 3 is 0.893 bits per heavy atom. The van der Waals surface area contributed by atoms with Crippen LogP contribution in [-0.4, -0.2) is 144 Å². The van der Waals surface area contributed by atoms with Gasteiger partial charge in [0.05, 0.1) is 24.7 Å². The monoisotopic (exact) mass is 791 g/mol. The summed E-state index contributed by atoms with van der Waals surface area (Å²) in [5, 5.41) is 0. The number of carbonyl (C=O) groups excluding carboxylic acids is 4. The zero-order valence-corrected chi connectivity index (χ0v) is 37.9. The number of piperidine rings is 4. The van der Waals surface area contributed by atoms with Crippen LogP contribution in [0.25, 0.3) is 0 Å². The third-order valence-corrected chi connectivity index (χ3v) is 16.6. The molecule has 0 aromatic carbocycles.